The summed E-state index contributed by atoms with van der Waals surface area (Å²) >= 11 is 0. The summed E-state index contributed by atoms with van der Waals surface area (Å²) in [5.74, 6) is 1.03. The highest BCUT2D eigenvalue weighted by Gasteiger charge is 2.22. The molecule has 1 aliphatic rings. The second-order valence-electron chi connectivity index (χ2n) is 6.42. The van der Waals surface area contributed by atoms with Crippen LogP contribution in [0, 0.1) is 0 Å². The van der Waals surface area contributed by atoms with Crippen LogP contribution < -0.4 is 4.74 Å². The van der Waals surface area contributed by atoms with E-state index in [-0.39, 0.29) is 5.91 Å². The lowest BCUT2D eigenvalue weighted by Gasteiger charge is -2.29. The van der Waals surface area contributed by atoms with Crippen molar-refractivity contribution in [2.75, 3.05) is 13.2 Å². The Morgan fingerprint density at radius 2 is 1.88 bits per heavy atom. The van der Waals surface area contributed by atoms with Crippen LogP contribution in [0.2, 0.25) is 0 Å². The van der Waals surface area contributed by atoms with Gasteiger partial charge < -0.3 is 14.2 Å². The molecule has 128 valence electrons. The van der Waals surface area contributed by atoms with Crippen LogP contribution in [-0.2, 0) is 24.3 Å². The molecule has 0 spiro atoms. The van der Waals surface area contributed by atoms with Gasteiger partial charge in [0.05, 0.1) is 19.6 Å². The van der Waals surface area contributed by atoms with Gasteiger partial charge in [0.25, 0.3) is 0 Å². The Morgan fingerprint density at radius 3 is 2.68 bits per heavy atom. The number of ether oxygens (including phenoxy) is 1. The van der Waals surface area contributed by atoms with E-state index < -0.39 is 0 Å². The third kappa shape index (κ3) is 3.12. The summed E-state index contributed by atoms with van der Waals surface area (Å²) in [6.07, 6.45) is 0.437. The van der Waals surface area contributed by atoms with Crippen LogP contribution in [0.25, 0.3) is 10.9 Å². The van der Waals surface area contributed by atoms with Crippen LogP contribution in [0.3, 0.4) is 0 Å². The summed E-state index contributed by atoms with van der Waals surface area (Å²) in [5, 5.41) is 1.25. The molecule has 2 heterocycles. The highest BCUT2D eigenvalue weighted by atomic mass is 16.5. The minimum absolute atomic E-state index is 0.181. The molecule has 0 bridgehead atoms. The van der Waals surface area contributed by atoms with E-state index in [0.717, 1.165) is 24.4 Å². The van der Waals surface area contributed by atoms with Crippen molar-refractivity contribution in [2.24, 2.45) is 0 Å². The zero-order valence-electron chi connectivity index (χ0n) is 14.4. The molecular weight excluding hydrogens is 312 g/mol. The van der Waals surface area contributed by atoms with E-state index in [4.69, 9.17) is 4.74 Å². The van der Waals surface area contributed by atoms with E-state index in [9.17, 15) is 4.79 Å². The molecule has 0 N–H and O–H groups in total. The van der Waals surface area contributed by atoms with Gasteiger partial charge in [-0.05, 0) is 42.1 Å². The minimum Gasteiger partial charge on any atom is -0.494 e. The van der Waals surface area contributed by atoms with Crippen molar-refractivity contribution in [1.29, 1.82) is 0 Å². The van der Waals surface area contributed by atoms with E-state index >= 15 is 0 Å². The molecule has 0 unspecified atom stereocenters. The Hall–Kier alpha value is -2.75. The predicted octanol–water partition coefficient (Wildman–Crippen LogP) is 3.62. The number of carbonyl (C=O) groups excluding carboxylic acids is 1. The maximum Gasteiger partial charge on any atom is 0.227 e. The lowest BCUT2D eigenvalue weighted by atomic mass is 10.1. The van der Waals surface area contributed by atoms with Gasteiger partial charge in [0.15, 0.2) is 0 Å². The van der Waals surface area contributed by atoms with E-state index in [2.05, 4.69) is 34.9 Å². The Labute approximate surface area is 147 Å². The fraction of sp³-hybridized carbons (Fsp3) is 0.286. The number of nitrogens with zero attached hydrogens (tertiary/aromatic N) is 2. The molecule has 2 aromatic carbocycles. The third-order valence-electron chi connectivity index (χ3n) is 4.79. The summed E-state index contributed by atoms with van der Waals surface area (Å²) in [6.45, 7) is 4.93. The SMILES string of the molecule is CCOc1ccc(CC(=O)N2CCn3c(cc4ccccc43)C2)cc1. The molecule has 3 aromatic rings. The largest absolute Gasteiger partial charge is 0.494 e. The predicted molar refractivity (Wildman–Crippen MR) is 98.7 cm³/mol. The average Bonchev–Trinajstić information content (AvgIpc) is 3.01. The first-order chi connectivity index (χ1) is 12.2. The quantitative estimate of drug-likeness (QED) is 0.730. The van der Waals surface area contributed by atoms with Crippen molar-refractivity contribution >= 4 is 16.8 Å². The van der Waals surface area contributed by atoms with Crippen molar-refractivity contribution in [3.63, 3.8) is 0 Å². The molecule has 0 atom stereocenters. The summed E-state index contributed by atoms with van der Waals surface area (Å²) < 4.78 is 7.78. The Kier molecular flexibility index (Phi) is 4.18. The molecule has 25 heavy (non-hydrogen) atoms. The number of rotatable bonds is 4. The van der Waals surface area contributed by atoms with Crippen molar-refractivity contribution in [2.45, 2.75) is 26.4 Å². The van der Waals surface area contributed by atoms with Crippen molar-refractivity contribution in [3.05, 3.63) is 65.9 Å². The van der Waals surface area contributed by atoms with Gasteiger partial charge in [-0.2, -0.15) is 0 Å². The fourth-order valence-electron chi connectivity index (χ4n) is 3.53. The van der Waals surface area contributed by atoms with Crippen molar-refractivity contribution < 1.29 is 9.53 Å². The molecule has 0 fully saturated rings. The van der Waals surface area contributed by atoms with E-state index in [0.29, 0.717) is 19.6 Å². The second-order valence-corrected chi connectivity index (χ2v) is 6.42. The van der Waals surface area contributed by atoms with Crippen LogP contribution >= 0.6 is 0 Å². The molecule has 4 nitrogen and oxygen atoms in total. The number of benzene rings is 2. The number of carbonyl (C=O) groups is 1. The molecule has 0 saturated carbocycles. The maximum atomic E-state index is 12.7. The van der Waals surface area contributed by atoms with E-state index in [1.54, 1.807) is 0 Å². The Balaban J connectivity index is 1.46. The van der Waals surface area contributed by atoms with Gasteiger partial charge >= 0.3 is 0 Å². The highest BCUT2D eigenvalue weighted by molar-refractivity contribution is 5.83. The van der Waals surface area contributed by atoms with Gasteiger partial charge in [0, 0.05) is 24.3 Å². The molecule has 1 aromatic heterocycles. The highest BCUT2D eigenvalue weighted by Crippen LogP contribution is 2.24. The molecule has 0 radical (unpaired) electrons. The Bertz CT molecular complexity index is 896. The first-order valence-corrected chi connectivity index (χ1v) is 8.81. The van der Waals surface area contributed by atoms with Gasteiger partial charge in [-0.1, -0.05) is 30.3 Å². The smallest absolute Gasteiger partial charge is 0.227 e. The zero-order valence-corrected chi connectivity index (χ0v) is 14.4. The summed E-state index contributed by atoms with van der Waals surface area (Å²) in [6, 6.07) is 18.4. The lowest BCUT2D eigenvalue weighted by Crippen LogP contribution is -2.38. The summed E-state index contributed by atoms with van der Waals surface area (Å²) in [5.41, 5.74) is 3.50. The number of hydrogen-bond donors (Lipinski definition) is 0. The molecule has 1 amide bonds. The average molecular weight is 334 g/mol. The standard InChI is InChI=1S/C21H22N2O2/c1-2-25-19-9-7-16(8-10-19)13-21(24)22-11-12-23-18(15-22)14-17-5-3-4-6-20(17)23/h3-10,14H,2,11-13,15H2,1H3. The number of hydrogen-bond acceptors (Lipinski definition) is 2. The number of fused-ring (bicyclic) bond motifs is 3. The minimum atomic E-state index is 0.181. The molecule has 4 rings (SSSR count). The van der Waals surface area contributed by atoms with Gasteiger partial charge in [0.2, 0.25) is 5.91 Å². The van der Waals surface area contributed by atoms with E-state index in [1.165, 1.54) is 16.6 Å². The van der Waals surface area contributed by atoms with Crippen LogP contribution in [0.1, 0.15) is 18.2 Å². The molecular formula is C21H22N2O2. The van der Waals surface area contributed by atoms with Crippen LogP contribution in [0.15, 0.2) is 54.6 Å². The monoisotopic (exact) mass is 334 g/mol. The van der Waals surface area contributed by atoms with Crippen molar-refractivity contribution in [1.82, 2.24) is 9.47 Å². The normalized spacial score (nSPS) is 13.7. The fourth-order valence-corrected chi connectivity index (χ4v) is 3.53. The van der Waals surface area contributed by atoms with E-state index in [1.807, 2.05) is 36.1 Å². The molecule has 0 saturated heterocycles. The van der Waals surface area contributed by atoms with Crippen LogP contribution in [0.4, 0.5) is 0 Å². The molecule has 1 aliphatic heterocycles. The second kappa shape index (κ2) is 6.63. The van der Waals surface area contributed by atoms with Gasteiger partial charge in [-0.25, -0.2) is 0 Å². The third-order valence-corrected chi connectivity index (χ3v) is 4.79. The van der Waals surface area contributed by atoms with Gasteiger partial charge in [-0.15, -0.1) is 0 Å². The Morgan fingerprint density at radius 1 is 1.08 bits per heavy atom. The lowest BCUT2D eigenvalue weighted by molar-refractivity contribution is -0.131. The zero-order chi connectivity index (χ0) is 17.2. The first-order valence-electron chi connectivity index (χ1n) is 8.81. The van der Waals surface area contributed by atoms with Gasteiger partial charge in [-0.3, -0.25) is 4.79 Å². The molecule has 0 aliphatic carbocycles. The number of amides is 1. The topological polar surface area (TPSA) is 34.5 Å². The maximum absolute atomic E-state index is 12.7. The van der Waals surface area contributed by atoms with Gasteiger partial charge in [0.1, 0.15) is 5.75 Å². The number of aromatic nitrogens is 1. The van der Waals surface area contributed by atoms with Crippen LogP contribution in [0.5, 0.6) is 5.75 Å². The molecule has 4 heteroatoms. The summed E-state index contributed by atoms with van der Waals surface area (Å²) in [7, 11) is 0. The summed E-state index contributed by atoms with van der Waals surface area (Å²) in [4.78, 5) is 14.7. The van der Waals surface area contributed by atoms with Crippen LogP contribution in [-0.4, -0.2) is 28.5 Å². The first kappa shape index (κ1) is 15.8. The number of para-hydroxylation sites is 1. The van der Waals surface area contributed by atoms with Crippen molar-refractivity contribution in [3.8, 4) is 5.75 Å².